The maximum absolute atomic E-state index is 11.2. The molecule has 0 saturated heterocycles. The second kappa shape index (κ2) is 3.58. The first-order valence-corrected chi connectivity index (χ1v) is 5.38. The first-order chi connectivity index (χ1) is 7.04. The van der Waals surface area contributed by atoms with Gasteiger partial charge in [-0.15, -0.1) is 0 Å². The maximum Gasteiger partial charge on any atom is 0.324 e. The minimum atomic E-state index is -0.807. The van der Waals surface area contributed by atoms with E-state index in [4.69, 9.17) is 0 Å². The highest BCUT2D eigenvalue weighted by molar-refractivity contribution is 7.13. The lowest BCUT2D eigenvalue weighted by Gasteiger charge is -2.39. The SMILES string of the molecule is CC1(C(=O)O)Cc2ccccc2CN1P. The van der Waals surface area contributed by atoms with E-state index >= 15 is 0 Å². The molecule has 0 spiro atoms. The number of nitrogens with zero attached hydrogens (tertiary/aromatic N) is 1. The van der Waals surface area contributed by atoms with Crippen LogP contribution in [0.25, 0.3) is 0 Å². The highest BCUT2D eigenvalue weighted by Gasteiger charge is 2.41. The molecule has 2 atom stereocenters. The van der Waals surface area contributed by atoms with Crippen molar-refractivity contribution in [1.82, 2.24) is 4.67 Å². The molecule has 0 bridgehead atoms. The Morgan fingerprint density at radius 3 is 2.67 bits per heavy atom. The number of fused-ring (bicyclic) bond motifs is 1. The summed E-state index contributed by atoms with van der Waals surface area (Å²) < 4.78 is 1.82. The van der Waals surface area contributed by atoms with Gasteiger partial charge in [0, 0.05) is 13.0 Å². The molecule has 15 heavy (non-hydrogen) atoms. The van der Waals surface area contributed by atoms with Crippen molar-refractivity contribution >= 4 is 15.4 Å². The van der Waals surface area contributed by atoms with Crippen molar-refractivity contribution in [2.24, 2.45) is 0 Å². The summed E-state index contributed by atoms with van der Waals surface area (Å²) in [6, 6.07) is 8.00. The molecule has 1 aliphatic rings. The van der Waals surface area contributed by atoms with E-state index in [2.05, 4.69) is 9.39 Å². The zero-order valence-corrected chi connectivity index (χ0v) is 9.76. The molecular weight excluding hydrogens is 209 g/mol. The molecule has 0 aromatic heterocycles. The van der Waals surface area contributed by atoms with Crippen LogP contribution < -0.4 is 0 Å². The fraction of sp³-hybridized carbons (Fsp3) is 0.364. The minimum absolute atomic E-state index is 0.558. The van der Waals surface area contributed by atoms with E-state index in [0.29, 0.717) is 13.0 Å². The zero-order chi connectivity index (χ0) is 11.1. The van der Waals surface area contributed by atoms with Gasteiger partial charge in [-0.05, 0) is 18.1 Å². The van der Waals surface area contributed by atoms with Gasteiger partial charge in [0.1, 0.15) is 5.54 Å². The molecule has 1 aromatic carbocycles. The van der Waals surface area contributed by atoms with Gasteiger partial charge in [0.05, 0.1) is 0 Å². The van der Waals surface area contributed by atoms with Crippen LogP contribution in [0.4, 0.5) is 0 Å². The number of carbonyl (C=O) groups is 1. The highest BCUT2D eigenvalue weighted by Crippen LogP contribution is 2.33. The number of carboxylic acid groups (broad SMARTS) is 1. The molecule has 0 saturated carbocycles. The van der Waals surface area contributed by atoms with E-state index in [-0.39, 0.29) is 0 Å². The Labute approximate surface area is 91.4 Å². The van der Waals surface area contributed by atoms with Crippen molar-refractivity contribution in [1.29, 1.82) is 0 Å². The molecule has 2 unspecified atom stereocenters. The van der Waals surface area contributed by atoms with E-state index < -0.39 is 11.5 Å². The van der Waals surface area contributed by atoms with Crippen LogP contribution in [0.3, 0.4) is 0 Å². The zero-order valence-electron chi connectivity index (χ0n) is 8.60. The molecule has 0 aliphatic carbocycles. The van der Waals surface area contributed by atoms with Crippen molar-refractivity contribution in [2.75, 3.05) is 0 Å². The second-order valence-corrected chi connectivity index (χ2v) is 4.78. The molecular formula is C11H14NO2P. The third kappa shape index (κ3) is 1.66. The topological polar surface area (TPSA) is 40.5 Å². The van der Waals surface area contributed by atoms with Crippen LogP contribution in [0.2, 0.25) is 0 Å². The van der Waals surface area contributed by atoms with Crippen LogP contribution in [0.5, 0.6) is 0 Å². The molecule has 1 N–H and O–H groups in total. The fourth-order valence-electron chi connectivity index (χ4n) is 1.91. The maximum atomic E-state index is 11.2. The first kappa shape index (κ1) is 10.6. The molecule has 3 nitrogen and oxygen atoms in total. The van der Waals surface area contributed by atoms with Crippen LogP contribution in [0.15, 0.2) is 24.3 Å². The molecule has 1 aliphatic heterocycles. The molecule has 0 fully saturated rings. The highest BCUT2D eigenvalue weighted by atomic mass is 31.0. The normalized spacial score (nSPS) is 26.0. The van der Waals surface area contributed by atoms with E-state index in [9.17, 15) is 9.90 Å². The van der Waals surface area contributed by atoms with E-state index in [1.807, 2.05) is 28.9 Å². The van der Waals surface area contributed by atoms with Crippen molar-refractivity contribution in [3.05, 3.63) is 35.4 Å². The van der Waals surface area contributed by atoms with E-state index in [1.165, 1.54) is 5.56 Å². The number of carboxylic acids is 1. The third-order valence-corrected chi connectivity index (χ3v) is 3.84. The van der Waals surface area contributed by atoms with Gasteiger partial charge in [0.25, 0.3) is 0 Å². The van der Waals surface area contributed by atoms with Crippen LogP contribution in [0, 0.1) is 0 Å². The summed E-state index contributed by atoms with van der Waals surface area (Å²) >= 11 is 0. The van der Waals surface area contributed by atoms with Crippen molar-refractivity contribution < 1.29 is 9.90 Å². The second-order valence-electron chi connectivity index (χ2n) is 4.15. The Morgan fingerprint density at radius 2 is 2.07 bits per heavy atom. The number of aliphatic carboxylic acids is 1. The summed E-state index contributed by atoms with van der Waals surface area (Å²) in [6.07, 6.45) is 0.558. The summed E-state index contributed by atoms with van der Waals surface area (Å²) in [5.74, 6) is -0.771. The average Bonchev–Trinajstić information content (AvgIpc) is 2.19. The largest absolute Gasteiger partial charge is 0.480 e. The quantitative estimate of drug-likeness (QED) is 0.736. The van der Waals surface area contributed by atoms with Gasteiger partial charge in [-0.1, -0.05) is 33.7 Å². The molecule has 2 rings (SSSR count). The van der Waals surface area contributed by atoms with E-state index in [0.717, 1.165) is 5.56 Å². The predicted octanol–water partition coefficient (Wildman–Crippen LogP) is 1.68. The number of rotatable bonds is 1. The van der Waals surface area contributed by atoms with E-state index in [1.54, 1.807) is 6.92 Å². The summed E-state index contributed by atoms with van der Waals surface area (Å²) in [6.45, 7) is 2.43. The lowest BCUT2D eigenvalue weighted by molar-refractivity contribution is -0.147. The Bertz CT molecular complexity index is 407. The Kier molecular flexibility index (Phi) is 2.53. The van der Waals surface area contributed by atoms with Crippen LogP contribution in [0.1, 0.15) is 18.1 Å². The number of hydrogen-bond acceptors (Lipinski definition) is 2. The Balaban J connectivity index is 2.41. The minimum Gasteiger partial charge on any atom is -0.480 e. The van der Waals surface area contributed by atoms with Crippen molar-refractivity contribution in [3.63, 3.8) is 0 Å². The summed E-state index contributed by atoms with van der Waals surface area (Å²) in [4.78, 5) is 11.2. The lowest BCUT2D eigenvalue weighted by Crippen LogP contribution is -2.51. The van der Waals surface area contributed by atoms with Gasteiger partial charge < -0.3 is 5.11 Å². The molecule has 0 radical (unpaired) electrons. The standard InChI is InChI=1S/C11H14NO2P/c1-11(10(13)14)6-8-4-2-3-5-9(8)7-12(11)15/h2-5H,6-7,15H2,1H3,(H,13,14). The van der Waals surface area contributed by atoms with Crippen LogP contribution in [-0.4, -0.2) is 21.3 Å². The van der Waals surface area contributed by atoms with Crippen LogP contribution in [-0.2, 0) is 17.8 Å². The van der Waals surface area contributed by atoms with Gasteiger partial charge in [-0.25, -0.2) is 0 Å². The summed E-state index contributed by atoms with van der Waals surface area (Å²) in [7, 11) is 2.52. The molecule has 1 heterocycles. The Morgan fingerprint density at radius 1 is 1.47 bits per heavy atom. The van der Waals surface area contributed by atoms with Crippen molar-refractivity contribution in [3.8, 4) is 0 Å². The van der Waals surface area contributed by atoms with Crippen molar-refractivity contribution in [2.45, 2.75) is 25.4 Å². The Hall–Kier alpha value is -0.920. The molecule has 1 aromatic rings. The molecule has 80 valence electrons. The van der Waals surface area contributed by atoms with Gasteiger partial charge in [0.2, 0.25) is 0 Å². The molecule has 4 heteroatoms. The smallest absolute Gasteiger partial charge is 0.324 e. The summed E-state index contributed by atoms with van der Waals surface area (Å²) in [5.41, 5.74) is 1.55. The van der Waals surface area contributed by atoms with Gasteiger partial charge in [-0.2, -0.15) is 0 Å². The third-order valence-electron chi connectivity index (χ3n) is 3.09. The first-order valence-electron chi connectivity index (χ1n) is 4.86. The number of benzene rings is 1. The van der Waals surface area contributed by atoms with Gasteiger partial charge in [0.15, 0.2) is 0 Å². The summed E-state index contributed by atoms with van der Waals surface area (Å²) in [5, 5.41) is 9.24. The van der Waals surface area contributed by atoms with Gasteiger partial charge in [-0.3, -0.25) is 9.46 Å². The lowest BCUT2D eigenvalue weighted by atomic mass is 9.86. The fourth-order valence-corrected chi connectivity index (χ4v) is 2.31. The van der Waals surface area contributed by atoms with Gasteiger partial charge >= 0.3 is 5.97 Å². The predicted molar refractivity (Wildman–Crippen MR) is 61.4 cm³/mol. The monoisotopic (exact) mass is 223 g/mol. The number of hydrogen-bond donors (Lipinski definition) is 1. The average molecular weight is 223 g/mol. The van der Waals surface area contributed by atoms with Crippen LogP contribution >= 0.6 is 9.39 Å². The molecule has 0 amide bonds.